The molecule has 1 aliphatic heterocycles. The smallest absolute Gasteiger partial charge is 0.309 e. The van der Waals surface area contributed by atoms with Gasteiger partial charge in [0.1, 0.15) is 11.9 Å². The number of pyridine rings is 1. The van der Waals surface area contributed by atoms with Crippen molar-refractivity contribution in [1.82, 2.24) is 4.98 Å². The molecule has 1 saturated carbocycles. The molecule has 0 bridgehead atoms. The summed E-state index contributed by atoms with van der Waals surface area (Å²) < 4.78 is 5.58. The van der Waals surface area contributed by atoms with Gasteiger partial charge < -0.3 is 9.64 Å². The number of carbonyl (C=O) groups excluding carboxylic acids is 1. The van der Waals surface area contributed by atoms with Crippen LogP contribution in [0.4, 0.5) is 5.82 Å². The molecular formula is C15H19ClN2O2. The molecule has 1 aromatic rings. The van der Waals surface area contributed by atoms with Crippen LogP contribution in [0.2, 0.25) is 5.02 Å². The Kier molecular flexibility index (Phi) is 3.83. The van der Waals surface area contributed by atoms with Crippen LogP contribution in [0.25, 0.3) is 0 Å². The number of carbonyl (C=O) groups is 1. The maximum absolute atomic E-state index is 11.8. The zero-order valence-corrected chi connectivity index (χ0v) is 12.3. The predicted molar refractivity (Wildman–Crippen MR) is 77.8 cm³/mol. The van der Waals surface area contributed by atoms with Gasteiger partial charge in [0.15, 0.2) is 0 Å². The van der Waals surface area contributed by atoms with Gasteiger partial charge >= 0.3 is 5.97 Å². The number of rotatable bonds is 3. The maximum atomic E-state index is 11.8. The SMILES string of the molecule is CC1CC1C(=O)OC1CCN(c2ccc(Cl)cn2)CC1. The topological polar surface area (TPSA) is 42.4 Å². The second kappa shape index (κ2) is 5.60. The largest absolute Gasteiger partial charge is 0.462 e. The fourth-order valence-electron chi connectivity index (χ4n) is 2.66. The Bertz CT molecular complexity index is 483. The highest BCUT2D eigenvalue weighted by atomic mass is 35.5. The van der Waals surface area contributed by atoms with Gasteiger partial charge in [-0.25, -0.2) is 4.98 Å². The molecule has 3 rings (SSSR count). The first kappa shape index (κ1) is 13.7. The molecular weight excluding hydrogens is 276 g/mol. The summed E-state index contributed by atoms with van der Waals surface area (Å²) in [6, 6.07) is 3.78. The minimum Gasteiger partial charge on any atom is -0.462 e. The van der Waals surface area contributed by atoms with Crippen molar-refractivity contribution in [2.24, 2.45) is 11.8 Å². The number of hydrogen-bond donors (Lipinski definition) is 0. The summed E-state index contributed by atoms with van der Waals surface area (Å²) in [6.07, 6.45) is 4.47. The van der Waals surface area contributed by atoms with Crippen LogP contribution in [0, 0.1) is 11.8 Å². The van der Waals surface area contributed by atoms with Gasteiger partial charge in [-0.05, 0) is 24.5 Å². The van der Waals surface area contributed by atoms with Gasteiger partial charge in [-0.3, -0.25) is 4.79 Å². The molecule has 2 atom stereocenters. The Morgan fingerprint density at radius 1 is 1.40 bits per heavy atom. The number of nitrogens with zero attached hydrogens (tertiary/aromatic N) is 2. The van der Waals surface area contributed by atoms with Crippen LogP contribution in [0.1, 0.15) is 26.2 Å². The summed E-state index contributed by atoms with van der Waals surface area (Å²) in [5, 5.41) is 0.649. The molecule has 5 heteroatoms. The number of piperidine rings is 1. The fraction of sp³-hybridized carbons (Fsp3) is 0.600. The highest BCUT2D eigenvalue weighted by Gasteiger charge is 2.41. The first-order valence-electron chi connectivity index (χ1n) is 7.20. The second-order valence-corrected chi connectivity index (χ2v) is 6.21. The third-order valence-corrected chi connectivity index (χ3v) is 4.40. The number of esters is 1. The lowest BCUT2D eigenvalue weighted by Crippen LogP contribution is -2.38. The summed E-state index contributed by atoms with van der Waals surface area (Å²) in [5.74, 6) is 1.61. The third kappa shape index (κ3) is 3.06. The molecule has 2 fully saturated rings. The molecule has 0 amide bonds. The van der Waals surface area contributed by atoms with Crippen molar-refractivity contribution in [2.75, 3.05) is 18.0 Å². The highest BCUT2D eigenvalue weighted by Crippen LogP contribution is 2.39. The van der Waals surface area contributed by atoms with E-state index in [1.165, 1.54) is 0 Å². The molecule has 108 valence electrons. The van der Waals surface area contributed by atoms with Crippen LogP contribution in [0.3, 0.4) is 0 Å². The average molecular weight is 295 g/mol. The number of aromatic nitrogens is 1. The van der Waals surface area contributed by atoms with Crippen LogP contribution in [0.15, 0.2) is 18.3 Å². The lowest BCUT2D eigenvalue weighted by Gasteiger charge is -2.32. The van der Waals surface area contributed by atoms with Gasteiger partial charge in [-0.2, -0.15) is 0 Å². The standard InChI is InChI=1S/C15H19ClN2O2/c1-10-8-13(10)15(19)20-12-4-6-18(7-5-12)14-3-2-11(16)9-17-14/h2-3,9-10,12-13H,4-8H2,1H3. The number of anilines is 1. The van der Waals surface area contributed by atoms with Crippen molar-refractivity contribution >= 4 is 23.4 Å². The molecule has 1 aromatic heterocycles. The third-order valence-electron chi connectivity index (χ3n) is 4.17. The van der Waals surface area contributed by atoms with Crippen LogP contribution in [-0.4, -0.2) is 30.1 Å². The van der Waals surface area contributed by atoms with Gasteiger partial charge in [-0.15, -0.1) is 0 Å². The molecule has 0 radical (unpaired) electrons. The number of ether oxygens (including phenoxy) is 1. The summed E-state index contributed by atoms with van der Waals surface area (Å²) in [6.45, 7) is 3.83. The molecule has 1 saturated heterocycles. The Hall–Kier alpha value is -1.29. The van der Waals surface area contributed by atoms with E-state index in [9.17, 15) is 4.79 Å². The van der Waals surface area contributed by atoms with E-state index in [0.717, 1.165) is 38.2 Å². The zero-order chi connectivity index (χ0) is 14.1. The van der Waals surface area contributed by atoms with E-state index in [4.69, 9.17) is 16.3 Å². The van der Waals surface area contributed by atoms with E-state index >= 15 is 0 Å². The van der Waals surface area contributed by atoms with Crippen molar-refractivity contribution in [3.8, 4) is 0 Å². The molecule has 0 aromatic carbocycles. The first-order valence-corrected chi connectivity index (χ1v) is 7.58. The number of halogens is 1. The summed E-state index contributed by atoms with van der Waals surface area (Å²) in [5.41, 5.74) is 0. The zero-order valence-electron chi connectivity index (χ0n) is 11.6. The number of hydrogen-bond acceptors (Lipinski definition) is 4. The monoisotopic (exact) mass is 294 g/mol. The van der Waals surface area contributed by atoms with Gasteiger partial charge in [0, 0.05) is 32.1 Å². The summed E-state index contributed by atoms with van der Waals surface area (Å²) in [7, 11) is 0. The molecule has 4 nitrogen and oxygen atoms in total. The van der Waals surface area contributed by atoms with Crippen LogP contribution in [-0.2, 0) is 9.53 Å². The van der Waals surface area contributed by atoms with Gasteiger partial charge in [0.05, 0.1) is 10.9 Å². The van der Waals surface area contributed by atoms with E-state index in [0.29, 0.717) is 10.9 Å². The molecule has 2 aliphatic rings. The van der Waals surface area contributed by atoms with Crippen molar-refractivity contribution in [3.63, 3.8) is 0 Å². The molecule has 0 spiro atoms. The van der Waals surface area contributed by atoms with Crippen molar-refractivity contribution in [2.45, 2.75) is 32.3 Å². The first-order chi connectivity index (χ1) is 9.63. The Balaban J connectivity index is 1.49. The van der Waals surface area contributed by atoms with Gasteiger partial charge in [0.25, 0.3) is 0 Å². The Labute approximate surface area is 124 Å². The minimum absolute atomic E-state index is 0.000526. The predicted octanol–water partition coefficient (Wildman–Crippen LogP) is 2.90. The van der Waals surface area contributed by atoms with E-state index in [2.05, 4.69) is 16.8 Å². The summed E-state index contributed by atoms with van der Waals surface area (Å²) in [4.78, 5) is 18.3. The van der Waals surface area contributed by atoms with Crippen LogP contribution in [0.5, 0.6) is 0 Å². The summed E-state index contributed by atoms with van der Waals surface area (Å²) >= 11 is 5.84. The Morgan fingerprint density at radius 3 is 2.65 bits per heavy atom. The van der Waals surface area contributed by atoms with E-state index in [-0.39, 0.29) is 18.0 Å². The lowest BCUT2D eigenvalue weighted by molar-refractivity contribution is -0.151. The van der Waals surface area contributed by atoms with Gasteiger partial charge in [-0.1, -0.05) is 18.5 Å². The molecule has 20 heavy (non-hydrogen) atoms. The van der Waals surface area contributed by atoms with Crippen molar-refractivity contribution in [1.29, 1.82) is 0 Å². The van der Waals surface area contributed by atoms with E-state index in [1.807, 2.05) is 12.1 Å². The maximum Gasteiger partial charge on any atom is 0.309 e. The fourth-order valence-corrected chi connectivity index (χ4v) is 2.77. The van der Waals surface area contributed by atoms with Crippen molar-refractivity contribution < 1.29 is 9.53 Å². The molecule has 0 N–H and O–H groups in total. The van der Waals surface area contributed by atoms with Gasteiger partial charge in [0.2, 0.25) is 0 Å². The van der Waals surface area contributed by atoms with Crippen molar-refractivity contribution in [3.05, 3.63) is 23.4 Å². The highest BCUT2D eigenvalue weighted by molar-refractivity contribution is 6.30. The average Bonchev–Trinajstić information content (AvgIpc) is 3.18. The van der Waals surface area contributed by atoms with Crippen LogP contribution >= 0.6 is 11.6 Å². The Morgan fingerprint density at radius 2 is 2.10 bits per heavy atom. The van der Waals surface area contributed by atoms with Crippen LogP contribution < -0.4 is 4.90 Å². The second-order valence-electron chi connectivity index (χ2n) is 5.78. The quantitative estimate of drug-likeness (QED) is 0.804. The van der Waals surface area contributed by atoms with E-state index in [1.54, 1.807) is 6.20 Å². The molecule has 1 aliphatic carbocycles. The molecule has 2 unspecified atom stereocenters. The lowest BCUT2D eigenvalue weighted by atomic mass is 10.1. The van der Waals surface area contributed by atoms with E-state index < -0.39 is 0 Å². The minimum atomic E-state index is 0.000526. The molecule has 2 heterocycles. The normalized spacial score (nSPS) is 26.4.